The zero-order chi connectivity index (χ0) is 20.0. The van der Waals surface area contributed by atoms with Crippen molar-refractivity contribution in [2.24, 2.45) is 5.92 Å². The maximum Gasteiger partial charge on any atom is 0.251 e. The summed E-state index contributed by atoms with van der Waals surface area (Å²) < 4.78 is 26.2. The Labute approximate surface area is 164 Å². The summed E-state index contributed by atoms with van der Waals surface area (Å²) in [5, 5.41) is 2.92. The molecule has 1 aliphatic rings. The van der Waals surface area contributed by atoms with Crippen LogP contribution in [0.3, 0.4) is 0 Å². The quantitative estimate of drug-likeness (QED) is 0.687. The molecule has 6 nitrogen and oxygen atoms in total. The van der Waals surface area contributed by atoms with Gasteiger partial charge in [-0.2, -0.15) is 4.31 Å². The highest BCUT2D eigenvalue weighted by atomic mass is 32.2. The van der Waals surface area contributed by atoms with Gasteiger partial charge in [-0.1, -0.05) is 6.92 Å². The molecule has 1 N–H and O–H groups in total. The third-order valence-electron chi connectivity index (χ3n) is 5.33. The van der Waals surface area contributed by atoms with Gasteiger partial charge in [-0.05, 0) is 82.9 Å². The summed E-state index contributed by atoms with van der Waals surface area (Å²) in [7, 11) is -1.96. The zero-order valence-electron chi connectivity index (χ0n) is 16.9. The molecule has 1 saturated heterocycles. The van der Waals surface area contributed by atoms with Crippen LogP contribution in [0.5, 0.6) is 0 Å². The monoisotopic (exact) mass is 395 g/mol. The van der Waals surface area contributed by atoms with Crippen molar-refractivity contribution >= 4 is 15.9 Å². The Balaban J connectivity index is 1.81. The predicted molar refractivity (Wildman–Crippen MR) is 108 cm³/mol. The van der Waals surface area contributed by atoms with Crippen LogP contribution in [0.4, 0.5) is 0 Å². The summed E-state index contributed by atoms with van der Waals surface area (Å²) in [5.74, 6) is 0.663. The van der Waals surface area contributed by atoms with E-state index in [0.717, 1.165) is 32.0 Å². The van der Waals surface area contributed by atoms with Crippen molar-refractivity contribution in [1.29, 1.82) is 0 Å². The Hall–Kier alpha value is -1.44. The summed E-state index contributed by atoms with van der Waals surface area (Å²) in [6.45, 7) is 9.88. The Morgan fingerprint density at radius 3 is 2.37 bits per heavy atom. The minimum atomic E-state index is -3.52. The van der Waals surface area contributed by atoms with Crippen LogP contribution in [0, 0.1) is 5.92 Å². The highest BCUT2D eigenvalue weighted by Crippen LogP contribution is 2.17. The van der Waals surface area contributed by atoms with Crippen molar-refractivity contribution in [2.75, 3.05) is 33.2 Å². The summed E-state index contributed by atoms with van der Waals surface area (Å²) in [5.41, 5.74) is 0.480. The molecule has 0 aliphatic carbocycles. The first kappa shape index (κ1) is 21.9. The number of benzene rings is 1. The van der Waals surface area contributed by atoms with E-state index in [9.17, 15) is 13.2 Å². The molecule has 0 bridgehead atoms. The van der Waals surface area contributed by atoms with Gasteiger partial charge in [-0.25, -0.2) is 8.42 Å². The van der Waals surface area contributed by atoms with E-state index in [1.54, 1.807) is 19.2 Å². The number of piperidine rings is 1. The standard InChI is InChI=1S/C20H33N3O3S/c1-16(2)22(4)27(25,26)19-8-6-18(7-9-19)20(24)21-12-5-13-23-14-10-17(3)11-15-23/h6-9,16-17H,5,10-15H2,1-4H3,(H,21,24). The van der Waals surface area contributed by atoms with Gasteiger partial charge < -0.3 is 10.2 Å². The average molecular weight is 396 g/mol. The molecule has 1 aliphatic heterocycles. The second-order valence-electron chi connectivity index (χ2n) is 7.77. The lowest BCUT2D eigenvalue weighted by molar-refractivity contribution is 0.0950. The molecule has 0 radical (unpaired) electrons. The van der Waals surface area contributed by atoms with Crippen molar-refractivity contribution < 1.29 is 13.2 Å². The number of likely N-dealkylation sites (tertiary alicyclic amines) is 1. The highest BCUT2D eigenvalue weighted by molar-refractivity contribution is 7.89. The van der Waals surface area contributed by atoms with Gasteiger partial charge >= 0.3 is 0 Å². The lowest BCUT2D eigenvalue weighted by atomic mass is 9.99. The fourth-order valence-corrected chi connectivity index (χ4v) is 4.48. The van der Waals surface area contributed by atoms with E-state index in [4.69, 9.17) is 0 Å². The number of rotatable bonds is 8. The molecule has 2 rings (SSSR count). The SMILES string of the molecule is CC1CCN(CCCNC(=O)c2ccc(S(=O)(=O)N(C)C(C)C)cc2)CC1. The summed E-state index contributed by atoms with van der Waals surface area (Å²) in [4.78, 5) is 14.9. The van der Waals surface area contributed by atoms with E-state index in [2.05, 4.69) is 17.1 Å². The van der Waals surface area contributed by atoms with Gasteiger partial charge in [0.1, 0.15) is 0 Å². The molecule has 0 unspecified atom stereocenters. The number of carbonyl (C=O) groups is 1. The van der Waals surface area contributed by atoms with Crippen molar-refractivity contribution in [3.05, 3.63) is 29.8 Å². The number of hydrogen-bond donors (Lipinski definition) is 1. The van der Waals surface area contributed by atoms with Gasteiger partial charge in [0.25, 0.3) is 5.91 Å². The molecule has 1 amide bonds. The number of carbonyl (C=O) groups excluding carboxylic acids is 1. The van der Waals surface area contributed by atoms with Crippen molar-refractivity contribution in [3.63, 3.8) is 0 Å². The first-order chi connectivity index (χ1) is 12.7. The van der Waals surface area contributed by atoms with Gasteiger partial charge in [-0.15, -0.1) is 0 Å². The maximum atomic E-state index is 12.5. The van der Waals surface area contributed by atoms with Crippen LogP contribution >= 0.6 is 0 Å². The highest BCUT2D eigenvalue weighted by Gasteiger charge is 2.23. The van der Waals surface area contributed by atoms with Crippen LogP contribution in [0.15, 0.2) is 29.2 Å². The van der Waals surface area contributed by atoms with Crippen LogP contribution in [-0.2, 0) is 10.0 Å². The molecule has 0 aromatic heterocycles. The largest absolute Gasteiger partial charge is 0.352 e. The first-order valence-corrected chi connectivity index (χ1v) is 11.2. The third kappa shape index (κ3) is 6.02. The second kappa shape index (κ2) is 9.66. The Morgan fingerprint density at radius 2 is 1.81 bits per heavy atom. The number of sulfonamides is 1. The number of nitrogens with zero attached hydrogens (tertiary/aromatic N) is 2. The van der Waals surface area contributed by atoms with Gasteiger partial charge in [0.2, 0.25) is 10.0 Å². The Bertz CT molecular complexity index is 708. The van der Waals surface area contributed by atoms with E-state index in [-0.39, 0.29) is 16.8 Å². The van der Waals surface area contributed by atoms with Crippen molar-refractivity contribution in [2.45, 2.75) is 51.0 Å². The Kier molecular flexibility index (Phi) is 7.82. The molecule has 1 heterocycles. The molecule has 0 spiro atoms. The van der Waals surface area contributed by atoms with Gasteiger partial charge in [0.05, 0.1) is 4.90 Å². The summed E-state index contributed by atoms with van der Waals surface area (Å²) in [6, 6.07) is 6.02. The zero-order valence-corrected chi connectivity index (χ0v) is 17.8. The molecule has 0 saturated carbocycles. The molecular formula is C20H33N3O3S. The maximum absolute atomic E-state index is 12.5. The molecule has 7 heteroatoms. The normalized spacial score (nSPS) is 16.8. The van der Waals surface area contributed by atoms with E-state index < -0.39 is 10.0 Å². The van der Waals surface area contributed by atoms with E-state index in [0.29, 0.717) is 12.1 Å². The van der Waals surface area contributed by atoms with Crippen LogP contribution in [0.25, 0.3) is 0 Å². The fourth-order valence-electron chi connectivity index (χ4n) is 3.11. The molecule has 0 atom stereocenters. The summed E-state index contributed by atoms with van der Waals surface area (Å²) in [6.07, 6.45) is 3.44. The first-order valence-electron chi connectivity index (χ1n) is 9.80. The number of amides is 1. The lowest BCUT2D eigenvalue weighted by Crippen LogP contribution is -2.35. The van der Waals surface area contributed by atoms with E-state index in [1.165, 1.54) is 29.3 Å². The smallest absolute Gasteiger partial charge is 0.251 e. The molecule has 27 heavy (non-hydrogen) atoms. The van der Waals surface area contributed by atoms with Gasteiger partial charge in [-0.3, -0.25) is 4.79 Å². The number of hydrogen-bond acceptors (Lipinski definition) is 4. The van der Waals surface area contributed by atoms with Gasteiger partial charge in [0.15, 0.2) is 0 Å². The van der Waals surface area contributed by atoms with Gasteiger partial charge in [0, 0.05) is 25.2 Å². The molecule has 152 valence electrons. The number of nitrogens with one attached hydrogen (secondary N) is 1. The topological polar surface area (TPSA) is 69.7 Å². The minimum absolute atomic E-state index is 0.124. The predicted octanol–water partition coefficient (Wildman–Crippen LogP) is 2.57. The van der Waals surface area contributed by atoms with E-state index >= 15 is 0 Å². The molecule has 1 fully saturated rings. The lowest BCUT2D eigenvalue weighted by Gasteiger charge is -2.30. The van der Waals surface area contributed by atoms with E-state index in [1.807, 2.05) is 13.8 Å². The molecule has 1 aromatic carbocycles. The Morgan fingerprint density at radius 1 is 1.22 bits per heavy atom. The van der Waals surface area contributed by atoms with Crippen LogP contribution in [0.1, 0.15) is 50.4 Å². The fraction of sp³-hybridized carbons (Fsp3) is 0.650. The van der Waals surface area contributed by atoms with Crippen LogP contribution in [-0.4, -0.2) is 62.8 Å². The van der Waals surface area contributed by atoms with Crippen molar-refractivity contribution in [1.82, 2.24) is 14.5 Å². The molecular weight excluding hydrogens is 362 g/mol. The summed E-state index contributed by atoms with van der Waals surface area (Å²) >= 11 is 0. The van der Waals surface area contributed by atoms with Crippen molar-refractivity contribution in [3.8, 4) is 0 Å². The average Bonchev–Trinajstić information content (AvgIpc) is 2.65. The van der Waals surface area contributed by atoms with Crippen LogP contribution in [0.2, 0.25) is 0 Å². The third-order valence-corrected chi connectivity index (χ3v) is 7.38. The van der Waals surface area contributed by atoms with Crippen LogP contribution < -0.4 is 5.32 Å². The second-order valence-corrected chi connectivity index (χ2v) is 9.77. The minimum Gasteiger partial charge on any atom is -0.352 e. The molecule has 1 aromatic rings.